The van der Waals surface area contributed by atoms with E-state index >= 15 is 0 Å². The van der Waals surface area contributed by atoms with Crippen LogP contribution in [0.2, 0.25) is 0 Å². The number of nitrogens with one attached hydrogen (secondary N) is 1. The standard InChI is InChI=1S/C9H11N3O/c10-9(13)12-11-8-5-2-1-4(5)6-3-7(6)8/h1-2,4-7H,3H2,(H3,10,12,13)/b11-8+/t4-,5+,6-,7-/m1/s1. The summed E-state index contributed by atoms with van der Waals surface area (Å²) in [6.45, 7) is 0. The largest absolute Gasteiger partial charge is 0.350 e. The number of primary amides is 1. The quantitative estimate of drug-likeness (QED) is 0.443. The number of amides is 2. The van der Waals surface area contributed by atoms with Crippen LogP contribution in [0.15, 0.2) is 17.3 Å². The molecule has 0 unspecified atom stereocenters. The molecule has 4 nitrogen and oxygen atoms in total. The van der Waals surface area contributed by atoms with Crippen LogP contribution in [0.1, 0.15) is 6.42 Å². The van der Waals surface area contributed by atoms with Crippen molar-refractivity contribution in [2.75, 3.05) is 0 Å². The SMILES string of the molecule is NC(=O)N/N=C1\[C@H]2C=C[C@H]2[C@H]2C[C@@H]12. The van der Waals surface area contributed by atoms with Gasteiger partial charge in [0.25, 0.3) is 0 Å². The Morgan fingerprint density at radius 1 is 1.62 bits per heavy atom. The number of carbonyl (C=O) groups is 1. The molecule has 3 N–H and O–H groups in total. The second-order valence-corrected chi connectivity index (χ2v) is 4.01. The summed E-state index contributed by atoms with van der Waals surface area (Å²) in [5, 5.41) is 4.07. The zero-order valence-corrected chi connectivity index (χ0v) is 7.10. The molecule has 4 atom stereocenters. The van der Waals surface area contributed by atoms with Crippen LogP contribution in [0.25, 0.3) is 0 Å². The Morgan fingerprint density at radius 3 is 3.00 bits per heavy atom. The molecule has 0 spiro atoms. The lowest BCUT2D eigenvalue weighted by molar-refractivity contribution is 0.249. The van der Waals surface area contributed by atoms with E-state index in [9.17, 15) is 4.79 Å². The van der Waals surface area contributed by atoms with Gasteiger partial charge in [-0.2, -0.15) is 5.10 Å². The summed E-state index contributed by atoms with van der Waals surface area (Å²) in [5.74, 6) is 2.63. The molecule has 2 amide bonds. The first-order chi connectivity index (χ1) is 6.27. The molecule has 3 rings (SSSR count). The molecule has 2 saturated carbocycles. The van der Waals surface area contributed by atoms with Crippen molar-refractivity contribution in [1.29, 1.82) is 0 Å². The monoisotopic (exact) mass is 177 g/mol. The fraction of sp³-hybridized carbons (Fsp3) is 0.556. The maximum atomic E-state index is 10.5. The van der Waals surface area contributed by atoms with Crippen molar-refractivity contribution in [2.24, 2.45) is 34.5 Å². The van der Waals surface area contributed by atoms with Crippen molar-refractivity contribution in [3.63, 3.8) is 0 Å². The van der Waals surface area contributed by atoms with Crippen molar-refractivity contribution in [3.05, 3.63) is 12.2 Å². The number of fused-ring (bicyclic) bond motifs is 3. The molecule has 0 saturated heterocycles. The summed E-state index contributed by atoms with van der Waals surface area (Å²) >= 11 is 0. The molecule has 13 heavy (non-hydrogen) atoms. The van der Waals surface area contributed by atoms with E-state index in [1.165, 1.54) is 6.42 Å². The van der Waals surface area contributed by atoms with Crippen LogP contribution in [-0.2, 0) is 0 Å². The molecule has 2 fully saturated rings. The molecule has 3 aliphatic carbocycles. The lowest BCUT2D eigenvalue weighted by Crippen LogP contribution is -2.29. The minimum atomic E-state index is -0.573. The summed E-state index contributed by atoms with van der Waals surface area (Å²) in [6.07, 6.45) is 5.66. The second-order valence-electron chi connectivity index (χ2n) is 4.01. The van der Waals surface area contributed by atoms with Gasteiger partial charge in [0.2, 0.25) is 0 Å². The second kappa shape index (κ2) is 2.13. The molecule has 0 aromatic rings. The maximum Gasteiger partial charge on any atom is 0.332 e. The van der Waals surface area contributed by atoms with Gasteiger partial charge in [-0.15, -0.1) is 0 Å². The van der Waals surface area contributed by atoms with Crippen LogP contribution < -0.4 is 11.2 Å². The van der Waals surface area contributed by atoms with Crippen LogP contribution in [-0.4, -0.2) is 11.7 Å². The van der Waals surface area contributed by atoms with E-state index in [1.54, 1.807) is 0 Å². The van der Waals surface area contributed by atoms with Crippen molar-refractivity contribution in [2.45, 2.75) is 6.42 Å². The lowest BCUT2D eigenvalue weighted by Gasteiger charge is -2.24. The molecule has 0 aromatic heterocycles. The van der Waals surface area contributed by atoms with Crippen molar-refractivity contribution in [3.8, 4) is 0 Å². The number of hydrazone groups is 1. The Hall–Kier alpha value is -1.32. The highest BCUT2D eigenvalue weighted by Gasteiger charge is 2.58. The molecular weight excluding hydrogens is 166 g/mol. The molecule has 0 radical (unpaired) electrons. The third-order valence-corrected chi connectivity index (χ3v) is 3.31. The minimum Gasteiger partial charge on any atom is -0.350 e. The van der Waals surface area contributed by atoms with Crippen LogP contribution in [0.5, 0.6) is 0 Å². The molecular formula is C9H11N3O. The topological polar surface area (TPSA) is 67.5 Å². The third kappa shape index (κ3) is 0.855. The Kier molecular flexibility index (Phi) is 1.17. The van der Waals surface area contributed by atoms with Crippen LogP contribution >= 0.6 is 0 Å². The zero-order valence-electron chi connectivity index (χ0n) is 7.10. The Morgan fingerprint density at radius 2 is 2.46 bits per heavy atom. The molecule has 0 aliphatic heterocycles. The van der Waals surface area contributed by atoms with Crippen molar-refractivity contribution in [1.82, 2.24) is 5.43 Å². The number of hydrogen-bond acceptors (Lipinski definition) is 2. The summed E-state index contributed by atoms with van der Waals surface area (Å²) in [7, 11) is 0. The van der Waals surface area contributed by atoms with Crippen molar-refractivity contribution >= 4 is 11.7 Å². The smallest absolute Gasteiger partial charge is 0.332 e. The number of urea groups is 1. The van der Waals surface area contributed by atoms with E-state index in [0.29, 0.717) is 17.8 Å². The van der Waals surface area contributed by atoms with Gasteiger partial charge < -0.3 is 5.73 Å². The van der Waals surface area contributed by atoms with E-state index in [2.05, 4.69) is 22.7 Å². The number of nitrogens with zero attached hydrogens (tertiary/aromatic N) is 1. The van der Waals surface area contributed by atoms with Gasteiger partial charge >= 0.3 is 6.03 Å². The van der Waals surface area contributed by atoms with Gasteiger partial charge in [0.1, 0.15) is 0 Å². The number of allylic oxidation sites excluding steroid dienone is 2. The van der Waals surface area contributed by atoms with Gasteiger partial charge in [-0.3, -0.25) is 0 Å². The first-order valence-corrected chi connectivity index (χ1v) is 4.58. The van der Waals surface area contributed by atoms with Crippen LogP contribution in [0.3, 0.4) is 0 Å². The highest BCUT2D eigenvalue weighted by molar-refractivity contribution is 5.97. The number of hydrogen-bond donors (Lipinski definition) is 2. The predicted molar refractivity (Wildman–Crippen MR) is 47.9 cm³/mol. The summed E-state index contributed by atoms with van der Waals surface area (Å²) in [6, 6.07) is -0.573. The summed E-state index contributed by atoms with van der Waals surface area (Å²) < 4.78 is 0. The molecule has 68 valence electrons. The molecule has 0 bridgehead atoms. The Bertz CT molecular complexity index is 334. The molecule has 4 heteroatoms. The highest BCUT2D eigenvalue weighted by Crippen LogP contribution is 2.60. The van der Waals surface area contributed by atoms with E-state index in [0.717, 1.165) is 11.6 Å². The number of carbonyl (C=O) groups excluding carboxylic acids is 1. The number of rotatable bonds is 1. The highest BCUT2D eigenvalue weighted by atomic mass is 16.2. The van der Waals surface area contributed by atoms with E-state index < -0.39 is 6.03 Å². The van der Waals surface area contributed by atoms with Crippen LogP contribution in [0.4, 0.5) is 4.79 Å². The normalized spacial score (nSPS) is 46.6. The number of nitrogens with two attached hydrogens (primary N) is 1. The molecule has 3 aliphatic rings. The minimum absolute atomic E-state index is 0.496. The van der Waals surface area contributed by atoms with E-state index in [-0.39, 0.29) is 0 Å². The Labute approximate surface area is 75.9 Å². The summed E-state index contributed by atoms with van der Waals surface area (Å²) in [5.41, 5.74) is 8.41. The zero-order chi connectivity index (χ0) is 9.00. The predicted octanol–water partition coefficient (Wildman–Crippen LogP) is 0.463. The third-order valence-electron chi connectivity index (χ3n) is 3.31. The maximum absolute atomic E-state index is 10.5. The fourth-order valence-electron chi connectivity index (χ4n) is 2.56. The van der Waals surface area contributed by atoms with Crippen molar-refractivity contribution < 1.29 is 4.79 Å². The van der Waals surface area contributed by atoms with Gasteiger partial charge in [0, 0.05) is 17.5 Å². The average Bonchev–Trinajstić information content (AvgIpc) is 2.70. The summed E-state index contributed by atoms with van der Waals surface area (Å²) in [4.78, 5) is 10.5. The molecule has 0 aromatic carbocycles. The van der Waals surface area contributed by atoms with Crippen LogP contribution in [0, 0.1) is 23.7 Å². The average molecular weight is 177 g/mol. The first-order valence-electron chi connectivity index (χ1n) is 4.58. The fourth-order valence-corrected chi connectivity index (χ4v) is 2.56. The van der Waals surface area contributed by atoms with Gasteiger partial charge in [-0.25, -0.2) is 10.2 Å². The van der Waals surface area contributed by atoms with Gasteiger partial charge in [-0.05, 0) is 18.3 Å². The van der Waals surface area contributed by atoms with E-state index in [4.69, 9.17) is 5.73 Å². The molecule has 0 heterocycles. The van der Waals surface area contributed by atoms with Gasteiger partial charge in [0.05, 0.1) is 0 Å². The lowest BCUT2D eigenvalue weighted by atomic mass is 9.81. The first kappa shape index (κ1) is 7.12. The Balaban J connectivity index is 1.80. The van der Waals surface area contributed by atoms with E-state index in [1.807, 2.05) is 0 Å². The van der Waals surface area contributed by atoms with Gasteiger partial charge in [0.15, 0.2) is 0 Å². The van der Waals surface area contributed by atoms with Gasteiger partial charge in [-0.1, -0.05) is 12.2 Å².